The second-order valence-electron chi connectivity index (χ2n) is 4.22. The summed E-state index contributed by atoms with van der Waals surface area (Å²) >= 11 is 1.40. The molecule has 22 heavy (non-hydrogen) atoms. The fourth-order valence-corrected chi connectivity index (χ4v) is 2.58. The van der Waals surface area contributed by atoms with Gasteiger partial charge in [-0.15, -0.1) is 0 Å². The SMILES string of the molecule is COC(=O)C(CSCc1cccc(O)c1)NC(=O)CN=[N+]=[N-]. The number of carbonyl (C=O) groups is 2. The second kappa shape index (κ2) is 9.54. The van der Waals surface area contributed by atoms with Gasteiger partial charge >= 0.3 is 5.97 Å². The monoisotopic (exact) mass is 324 g/mol. The van der Waals surface area contributed by atoms with Gasteiger partial charge in [-0.3, -0.25) is 4.79 Å². The van der Waals surface area contributed by atoms with Gasteiger partial charge in [-0.1, -0.05) is 17.2 Å². The molecule has 1 rings (SSSR count). The highest BCUT2D eigenvalue weighted by atomic mass is 32.2. The molecule has 0 bridgehead atoms. The standard InChI is InChI=1S/C13H16N4O4S/c1-21-13(20)11(16-12(19)6-15-17-14)8-22-7-9-3-2-4-10(18)5-9/h2-5,11,18H,6-8H2,1H3,(H,16,19). The van der Waals surface area contributed by atoms with Crippen LogP contribution in [0, 0.1) is 0 Å². The number of nitrogens with zero attached hydrogens (tertiary/aromatic N) is 3. The van der Waals surface area contributed by atoms with Crippen LogP contribution in [0.25, 0.3) is 10.4 Å². The molecule has 118 valence electrons. The smallest absolute Gasteiger partial charge is 0.329 e. The summed E-state index contributed by atoms with van der Waals surface area (Å²) in [6.07, 6.45) is 0. The number of azide groups is 1. The topological polar surface area (TPSA) is 124 Å². The van der Waals surface area contributed by atoms with Gasteiger partial charge in [0.1, 0.15) is 18.3 Å². The third-order valence-electron chi connectivity index (χ3n) is 2.56. The molecule has 0 aliphatic rings. The minimum atomic E-state index is -0.825. The summed E-state index contributed by atoms with van der Waals surface area (Å²) in [6, 6.07) is 5.95. The fraction of sp³-hybridized carbons (Fsp3) is 0.385. The van der Waals surface area contributed by atoms with E-state index in [1.165, 1.54) is 18.9 Å². The summed E-state index contributed by atoms with van der Waals surface area (Å²) in [4.78, 5) is 25.6. The summed E-state index contributed by atoms with van der Waals surface area (Å²) in [7, 11) is 1.23. The predicted molar refractivity (Wildman–Crippen MR) is 82.2 cm³/mol. The Kier molecular flexibility index (Phi) is 7.66. The molecule has 1 aromatic rings. The number of esters is 1. The van der Waals surface area contributed by atoms with E-state index in [1.807, 2.05) is 6.07 Å². The first-order valence-corrected chi connectivity index (χ1v) is 7.46. The van der Waals surface area contributed by atoms with Gasteiger partial charge in [0, 0.05) is 16.4 Å². The zero-order valence-corrected chi connectivity index (χ0v) is 12.7. The molecule has 0 fully saturated rings. The van der Waals surface area contributed by atoms with Gasteiger partial charge in [0.15, 0.2) is 0 Å². The van der Waals surface area contributed by atoms with E-state index in [2.05, 4.69) is 20.1 Å². The minimum absolute atomic E-state index is 0.172. The van der Waals surface area contributed by atoms with Gasteiger partial charge in [0.05, 0.1) is 7.11 Å². The van der Waals surface area contributed by atoms with Crippen LogP contribution in [0.15, 0.2) is 29.4 Å². The first-order chi connectivity index (χ1) is 10.6. The molecule has 9 heteroatoms. The maximum Gasteiger partial charge on any atom is 0.329 e. The van der Waals surface area contributed by atoms with Gasteiger partial charge in [0.2, 0.25) is 5.91 Å². The van der Waals surface area contributed by atoms with E-state index in [0.717, 1.165) is 5.56 Å². The normalized spacial score (nSPS) is 11.1. The van der Waals surface area contributed by atoms with Crippen molar-refractivity contribution in [1.29, 1.82) is 0 Å². The molecule has 0 aromatic heterocycles. The number of methoxy groups -OCH3 is 1. The summed E-state index contributed by atoms with van der Waals surface area (Å²) in [5.74, 6) is -0.0903. The second-order valence-corrected chi connectivity index (χ2v) is 5.25. The van der Waals surface area contributed by atoms with Crippen LogP contribution in [0.5, 0.6) is 5.75 Å². The molecule has 1 atom stereocenters. The Morgan fingerprint density at radius 1 is 1.55 bits per heavy atom. The van der Waals surface area contributed by atoms with Crippen LogP contribution in [-0.4, -0.2) is 42.4 Å². The van der Waals surface area contributed by atoms with E-state index in [0.29, 0.717) is 11.5 Å². The lowest BCUT2D eigenvalue weighted by molar-refractivity contribution is -0.144. The number of aromatic hydroxyl groups is 1. The number of benzene rings is 1. The Bertz CT molecular complexity index is 575. The lowest BCUT2D eigenvalue weighted by Crippen LogP contribution is -2.44. The Balaban J connectivity index is 2.52. The Morgan fingerprint density at radius 2 is 2.32 bits per heavy atom. The van der Waals surface area contributed by atoms with Crippen molar-refractivity contribution in [1.82, 2.24) is 5.32 Å². The number of hydrogen-bond donors (Lipinski definition) is 2. The van der Waals surface area contributed by atoms with Gasteiger partial charge in [-0.05, 0) is 23.2 Å². The number of hydrogen-bond acceptors (Lipinski definition) is 6. The van der Waals surface area contributed by atoms with Crippen molar-refractivity contribution in [3.05, 3.63) is 40.3 Å². The summed E-state index contributed by atoms with van der Waals surface area (Å²) in [5.41, 5.74) is 9.05. The van der Waals surface area contributed by atoms with Crippen LogP contribution in [-0.2, 0) is 20.1 Å². The van der Waals surface area contributed by atoms with Crippen LogP contribution in [0.3, 0.4) is 0 Å². The summed E-state index contributed by atoms with van der Waals surface area (Å²) < 4.78 is 4.63. The van der Waals surface area contributed by atoms with Gasteiger partial charge < -0.3 is 15.2 Å². The molecule has 0 radical (unpaired) electrons. The van der Waals surface area contributed by atoms with Crippen molar-refractivity contribution >= 4 is 23.6 Å². The molecular weight excluding hydrogens is 308 g/mol. The van der Waals surface area contributed by atoms with Gasteiger partial charge in [-0.25, -0.2) is 4.79 Å². The molecule has 0 heterocycles. The highest BCUT2D eigenvalue weighted by Crippen LogP contribution is 2.17. The molecule has 0 saturated carbocycles. The van der Waals surface area contributed by atoms with E-state index in [1.54, 1.807) is 18.2 Å². The first kappa shape index (κ1) is 17.7. The van der Waals surface area contributed by atoms with Crippen LogP contribution >= 0.6 is 11.8 Å². The van der Waals surface area contributed by atoms with Crippen LogP contribution in [0.2, 0.25) is 0 Å². The number of amides is 1. The average Bonchev–Trinajstić information content (AvgIpc) is 2.51. The Hall–Kier alpha value is -2.38. The maximum absolute atomic E-state index is 11.6. The molecule has 0 spiro atoms. The summed E-state index contributed by atoms with van der Waals surface area (Å²) in [6.45, 7) is -0.374. The van der Waals surface area contributed by atoms with E-state index >= 15 is 0 Å². The van der Waals surface area contributed by atoms with Crippen molar-refractivity contribution in [3.8, 4) is 5.75 Å². The van der Waals surface area contributed by atoms with Crippen molar-refractivity contribution in [2.24, 2.45) is 5.11 Å². The largest absolute Gasteiger partial charge is 0.508 e. The predicted octanol–water partition coefficient (Wildman–Crippen LogP) is 1.59. The molecule has 1 amide bonds. The number of ether oxygens (including phenoxy) is 1. The number of phenolic OH excluding ortho intramolecular Hbond substituents is 1. The highest BCUT2D eigenvalue weighted by Gasteiger charge is 2.21. The van der Waals surface area contributed by atoms with Gasteiger partial charge in [0.25, 0.3) is 0 Å². The maximum atomic E-state index is 11.6. The zero-order chi connectivity index (χ0) is 16.4. The van der Waals surface area contributed by atoms with Crippen LogP contribution in [0.4, 0.5) is 0 Å². The summed E-state index contributed by atoms with van der Waals surface area (Å²) in [5, 5.41) is 15.0. The Labute approximate surface area is 131 Å². The van der Waals surface area contributed by atoms with Gasteiger partial charge in [-0.2, -0.15) is 11.8 Å². The highest BCUT2D eigenvalue weighted by molar-refractivity contribution is 7.98. The van der Waals surface area contributed by atoms with E-state index in [4.69, 9.17) is 5.53 Å². The van der Waals surface area contributed by atoms with E-state index in [-0.39, 0.29) is 12.3 Å². The zero-order valence-electron chi connectivity index (χ0n) is 11.9. The third-order valence-corrected chi connectivity index (χ3v) is 3.67. The average molecular weight is 324 g/mol. The van der Waals surface area contributed by atoms with Crippen LogP contribution < -0.4 is 5.32 Å². The molecule has 2 N–H and O–H groups in total. The van der Waals surface area contributed by atoms with Crippen molar-refractivity contribution < 1.29 is 19.4 Å². The molecule has 1 aromatic carbocycles. The van der Waals surface area contributed by atoms with Crippen LogP contribution in [0.1, 0.15) is 5.56 Å². The lowest BCUT2D eigenvalue weighted by atomic mass is 10.2. The van der Waals surface area contributed by atoms with E-state index in [9.17, 15) is 14.7 Å². The number of thioether (sulfide) groups is 1. The number of nitrogens with one attached hydrogen (secondary N) is 1. The minimum Gasteiger partial charge on any atom is -0.508 e. The quantitative estimate of drug-likeness (QED) is 0.325. The number of carbonyl (C=O) groups excluding carboxylic acids is 2. The lowest BCUT2D eigenvalue weighted by Gasteiger charge is -2.15. The van der Waals surface area contributed by atoms with Crippen molar-refractivity contribution in [3.63, 3.8) is 0 Å². The first-order valence-electron chi connectivity index (χ1n) is 6.30. The molecule has 8 nitrogen and oxygen atoms in total. The Morgan fingerprint density at radius 3 is 2.95 bits per heavy atom. The number of rotatable bonds is 8. The molecule has 1 unspecified atom stereocenters. The molecule has 0 aliphatic heterocycles. The molecular formula is C13H16N4O4S. The van der Waals surface area contributed by atoms with E-state index < -0.39 is 17.9 Å². The fourth-order valence-electron chi connectivity index (χ4n) is 1.59. The molecule has 0 saturated heterocycles. The number of phenols is 1. The van der Waals surface area contributed by atoms with Crippen molar-refractivity contribution in [2.75, 3.05) is 19.4 Å². The van der Waals surface area contributed by atoms with Crippen molar-refractivity contribution in [2.45, 2.75) is 11.8 Å². The third kappa shape index (κ3) is 6.38. The molecule has 0 aliphatic carbocycles.